The SMILES string of the molecule is CCC(OC(=O)CCCN(C)I)C(C)C. The molecular weight excluding hydrogens is 305 g/mol. The van der Waals surface area contributed by atoms with Crippen molar-refractivity contribution < 1.29 is 9.53 Å². The lowest BCUT2D eigenvalue weighted by molar-refractivity contribution is -0.151. The second kappa shape index (κ2) is 8.33. The molecule has 0 spiro atoms. The van der Waals surface area contributed by atoms with Crippen LogP contribution in [0.1, 0.15) is 40.0 Å². The first-order valence-corrected chi connectivity index (χ1v) is 6.50. The molecule has 0 aromatic carbocycles. The van der Waals surface area contributed by atoms with E-state index in [1.807, 2.05) is 10.2 Å². The van der Waals surface area contributed by atoms with Gasteiger partial charge in [-0.2, -0.15) is 0 Å². The molecule has 0 saturated heterocycles. The highest BCUT2D eigenvalue weighted by atomic mass is 127. The monoisotopic (exact) mass is 327 g/mol. The van der Waals surface area contributed by atoms with Gasteiger partial charge in [-0.1, -0.05) is 20.8 Å². The van der Waals surface area contributed by atoms with E-state index < -0.39 is 0 Å². The van der Waals surface area contributed by atoms with Crippen molar-refractivity contribution in [2.75, 3.05) is 13.6 Å². The Bertz CT molecular complexity index is 183. The van der Waals surface area contributed by atoms with Crippen molar-refractivity contribution in [3.63, 3.8) is 0 Å². The summed E-state index contributed by atoms with van der Waals surface area (Å²) in [5, 5.41) is 0. The van der Waals surface area contributed by atoms with Crippen molar-refractivity contribution >= 4 is 28.8 Å². The van der Waals surface area contributed by atoms with Gasteiger partial charge in [-0.15, -0.1) is 0 Å². The summed E-state index contributed by atoms with van der Waals surface area (Å²) in [6.07, 6.45) is 2.37. The van der Waals surface area contributed by atoms with Crippen LogP contribution in [-0.2, 0) is 9.53 Å². The van der Waals surface area contributed by atoms with Gasteiger partial charge in [0.1, 0.15) is 6.10 Å². The first-order chi connectivity index (χ1) is 6.97. The Morgan fingerprint density at radius 3 is 2.47 bits per heavy atom. The summed E-state index contributed by atoms with van der Waals surface area (Å²) in [6, 6.07) is 0. The second-order valence-corrected chi connectivity index (χ2v) is 5.76. The minimum atomic E-state index is -0.0613. The Kier molecular flexibility index (Phi) is 8.42. The normalized spacial score (nSPS) is 13.3. The van der Waals surface area contributed by atoms with Crippen LogP contribution in [0.3, 0.4) is 0 Å². The molecule has 15 heavy (non-hydrogen) atoms. The first-order valence-electron chi connectivity index (χ1n) is 5.53. The molecule has 0 fully saturated rings. The Balaban J connectivity index is 3.72. The summed E-state index contributed by atoms with van der Waals surface area (Å²) in [5.74, 6) is 0.347. The van der Waals surface area contributed by atoms with Crippen molar-refractivity contribution in [3.05, 3.63) is 0 Å². The molecule has 0 bridgehead atoms. The average molecular weight is 327 g/mol. The molecule has 0 amide bonds. The second-order valence-electron chi connectivity index (χ2n) is 4.11. The Labute approximate surface area is 107 Å². The summed E-state index contributed by atoms with van der Waals surface area (Å²) in [7, 11) is 1.99. The maximum atomic E-state index is 11.5. The zero-order chi connectivity index (χ0) is 11.8. The predicted octanol–water partition coefficient (Wildman–Crippen LogP) is 3.03. The van der Waals surface area contributed by atoms with Crippen LogP contribution in [0.5, 0.6) is 0 Å². The summed E-state index contributed by atoms with van der Waals surface area (Å²) >= 11 is 2.21. The summed E-state index contributed by atoms with van der Waals surface area (Å²) in [6.45, 7) is 7.14. The maximum Gasteiger partial charge on any atom is 0.306 e. The van der Waals surface area contributed by atoms with Crippen LogP contribution in [-0.4, -0.2) is 28.8 Å². The molecular formula is C11H22INO2. The van der Waals surface area contributed by atoms with Crippen LogP contribution in [0.4, 0.5) is 0 Å². The molecule has 90 valence electrons. The lowest BCUT2D eigenvalue weighted by Crippen LogP contribution is -2.23. The van der Waals surface area contributed by atoms with E-state index in [2.05, 4.69) is 43.6 Å². The zero-order valence-electron chi connectivity index (χ0n) is 10.1. The minimum Gasteiger partial charge on any atom is -0.462 e. The third-order valence-electron chi connectivity index (χ3n) is 2.28. The number of hydrogen-bond acceptors (Lipinski definition) is 3. The summed E-state index contributed by atoms with van der Waals surface area (Å²) in [5.41, 5.74) is 0. The number of carbonyl (C=O) groups is 1. The van der Waals surface area contributed by atoms with E-state index in [1.54, 1.807) is 0 Å². The summed E-state index contributed by atoms with van der Waals surface area (Å²) < 4.78 is 7.43. The lowest BCUT2D eigenvalue weighted by Gasteiger charge is -2.19. The number of carbonyl (C=O) groups excluding carboxylic acids is 1. The molecule has 3 nitrogen and oxygen atoms in total. The van der Waals surface area contributed by atoms with Crippen LogP contribution >= 0.6 is 22.9 Å². The van der Waals surface area contributed by atoms with Crippen LogP contribution in [0, 0.1) is 5.92 Å². The molecule has 0 radical (unpaired) electrons. The fourth-order valence-corrected chi connectivity index (χ4v) is 1.70. The smallest absolute Gasteiger partial charge is 0.306 e. The maximum absolute atomic E-state index is 11.5. The number of hydrogen-bond donors (Lipinski definition) is 0. The molecule has 0 aliphatic heterocycles. The highest BCUT2D eigenvalue weighted by molar-refractivity contribution is 14.1. The van der Waals surface area contributed by atoms with Crippen molar-refractivity contribution in [2.45, 2.75) is 46.1 Å². The van der Waals surface area contributed by atoms with Gasteiger partial charge < -0.3 is 4.74 Å². The molecule has 0 saturated carbocycles. The Morgan fingerprint density at radius 1 is 1.47 bits per heavy atom. The van der Waals surface area contributed by atoms with Crippen LogP contribution < -0.4 is 0 Å². The van der Waals surface area contributed by atoms with Gasteiger partial charge in [0.2, 0.25) is 0 Å². The molecule has 0 heterocycles. The van der Waals surface area contributed by atoms with E-state index >= 15 is 0 Å². The van der Waals surface area contributed by atoms with E-state index in [4.69, 9.17) is 4.74 Å². The van der Waals surface area contributed by atoms with Crippen molar-refractivity contribution in [3.8, 4) is 0 Å². The molecule has 4 heteroatoms. The Morgan fingerprint density at radius 2 is 2.07 bits per heavy atom. The van der Waals surface area contributed by atoms with E-state index in [-0.39, 0.29) is 12.1 Å². The quantitative estimate of drug-likeness (QED) is 0.409. The van der Waals surface area contributed by atoms with Gasteiger partial charge in [-0.05, 0) is 25.8 Å². The van der Waals surface area contributed by atoms with Crippen molar-refractivity contribution in [1.29, 1.82) is 0 Å². The highest BCUT2D eigenvalue weighted by Crippen LogP contribution is 2.12. The fourth-order valence-electron chi connectivity index (χ4n) is 1.36. The van der Waals surface area contributed by atoms with E-state index in [9.17, 15) is 4.79 Å². The topological polar surface area (TPSA) is 29.5 Å². The van der Waals surface area contributed by atoms with Gasteiger partial charge >= 0.3 is 5.97 Å². The first kappa shape index (κ1) is 15.2. The largest absolute Gasteiger partial charge is 0.462 e. The molecule has 0 aliphatic carbocycles. The standard InChI is InChI=1S/C11H22INO2/c1-5-10(9(2)3)15-11(14)7-6-8-13(4)12/h9-10H,5-8H2,1-4H3. The van der Waals surface area contributed by atoms with Gasteiger partial charge in [-0.25, -0.2) is 0 Å². The van der Waals surface area contributed by atoms with E-state index in [0.29, 0.717) is 12.3 Å². The predicted molar refractivity (Wildman–Crippen MR) is 70.9 cm³/mol. The summed E-state index contributed by atoms with van der Waals surface area (Å²) in [4.78, 5) is 11.5. The minimum absolute atomic E-state index is 0.0613. The van der Waals surface area contributed by atoms with Crippen molar-refractivity contribution in [1.82, 2.24) is 3.11 Å². The number of esters is 1. The third kappa shape index (κ3) is 8.02. The highest BCUT2D eigenvalue weighted by Gasteiger charge is 2.15. The van der Waals surface area contributed by atoms with Gasteiger partial charge in [0.15, 0.2) is 0 Å². The van der Waals surface area contributed by atoms with Crippen LogP contribution in [0.15, 0.2) is 0 Å². The number of rotatable bonds is 7. The molecule has 1 unspecified atom stereocenters. The lowest BCUT2D eigenvalue weighted by atomic mass is 10.1. The molecule has 0 rings (SSSR count). The number of halogens is 1. The molecule has 0 N–H and O–H groups in total. The zero-order valence-corrected chi connectivity index (χ0v) is 12.3. The van der Waals surface area contributed by atoms with Crippen molar-refractivity contribution in [2.24, 2.45) is 5.92 Å². The molecule has 0 aromatic rings. The van der Waals surface area contributed by atoms with Crippen LogP contribution in [0.25, 0.3) is 0 Å². The van der Waals surface area contributed by atoms with Crippen LogP contribution in [0.2, 0.25) is 0 Å². The Hall–Kier alpha value is 0.160. The van der Waals surface area contributed by atoms with Gasteiger partial charge in [0.05, 0.1) is 0 Å². The van der Waals surface area contributed by atoms with Gasteiger partial charge in [0, 0.05) is 35.8 Å². The number of nitrogens with zero attached hydrogens (tertiary/aromatic N) is 1. The van der Waals surface area contributed by atoms with E-state index in [1.165, 1.54) is 0 Å². The van der Waals surface area contributed by atoms with Gasteiger partial charge in [0.25, 0.3) is 0 Å². The molecule has 1 atom stereocenters. The molecule has 0 aliphatic rings. The average Bonchev–Trinajstić information content (AvgIpc) is 2.13. The van der Waals surface area contributed by atoms with Gasteiger partial charge in [-0.3, -0.25) is 7.91 Å². The fraction of sp³-hybridized carbons (Fsp3) is 0.909. The van der Waals surface area contributed by atoms with E-state index in [0.717, 1.165) is 19.4 Å². The molecule has 0 aromatic heterocycles. The third-order valence-corrected chi connectivity index (χ3v) is 2.76. The number of ether oxygens (including phenoxy) is 1.